The minimum Gasteiger partial charge on any atom is -0.448 e. The number of amides is 2. The molecular weight excluding hydrogens is 651 g/mol. The normalized spacial score (nSPS) is 17.2. The van der Waals surface area contributed by atoms with Gasteiger partial charge in [0.1, 0.15) is 22.1 Å². The standard InChI is InChI=1S/C35H29N5O4S3/c41-27(19-25-17-10-18-45-25)37-28-32(42)40-29(34(43)44-30(23-13-6-2-7-14-23)24-15-8-3-9-16-24)26(21-46-33(28)40)31-38-39-35(47-31)36-20-22-11-4-1-5-12-22/h1-18,28,30,33H,19-21H2,(H,36,39)(H,37,41)/t28?,33-/m0/s1. The summed E-state index contributed by atoms with van der Waals surface area (Å²) in [5.74, 6) is -0.871. The van der Waals surface area contributed by atoms with Crippen molar-refractivity contribution >= 4 is 62.9 Å². The fourth-order valence-corrected chi connectivity index (χ4v) is 8.43. The number of esters is 1. The highest BCUT2D eigenvalue weighted by atomic mass is 32.2. The second-order valence-electron chi connectivity index (χ2n) is 10.9. The molecule has 0 aliphatic carbocycles. The maximum Gasteiger partial charge on any atom is 0.356 e. The molecule has 2 amide bonds. The minimum atomic E-state index is -0.756. The van der Waals surface area contributed by atoms with Gasteiger partial charge in [-0.2, -0.15) is 0 Å². The van der Waals surface area contributed by atoms with E-state index >= 15 is 0 Å². The number of rotatable bonds is 11. The summed E-state index contributed by atoms with van der Waals surface area (Å²) in [5, 5.41) is 17.5. The molecule has 2 aliphatic rings. The predicted molar refractivity (Wildman–Crippen MR) is 184 cm³/mol. The highest BCUT2D eigenvalue weighted by Gasteiger charge is 2.55. The molecule has 2 N–H and O–H groups in total. The molecule has 12 heteroatoms. The van der Waals surface area contributed by atoms with Gasteiger partial charge < -0.3 is 15.4 Å². The fourth-order valence-electron chi connectivity index (χ4n) is 5.51. The van der Waals surface area contributed by atoms with Gasteiger partial charge >= 0.3 is 5.97 Å². The third kappa shape index (κ3) is 6.71. The summed E-state index contributed by atoms with van der Waals surface area (Å²) in [5.41, 5.74) is 3.39. The van der Waals surface area contributed by atoms with Crippen molar-refractivity contribution in [1.82, 2.24) is 20.4 Å². The van der Waals surface area contributed by atoms with Crippen LogP contribution in [0.25, 0.3) is 5.57 Å². The summed E-state index contributed by atoms with van der Waals surface area (Å²) in [6.45, 7) is 0.563. The van der Waals surface area contributed by atoms with Gasteiger partial charge in [-0.1, -0.05) is 108 Å². The van der Waals surface area contributed by atoms with Crippen LogP contribution in [0.15, 0.2) is 114 Å². The smallest absolute Gasteiger partial charge is 0.356 e. The van der Waals surface area contributed by atoms with Gasteiger partial charge in [0.2, 0.25) is 11.0 Å². The molecule has 1 saturated heterocycles. The number of thioether (sulfide) groups is 1. The number of benzene rings is 3. The summed E-state index contributed by atoms with van der Waals surface area (Å²) in [6.07, 6.45) is -0.518. The molecule has 0 bridgehead atoms. The molecular formula is C35H29N5O4S3. The van der Waals surface area contributed by atoms with E-state index in [4.69, 9.17) is 4.74 Å². The van der Waals surface area contributed by atoms with Gasteiger partial charge in [0.25, 0.3) is 5.91 Å². The lowest BCUT2D eigenvalue weighted by Crippen LogP contribution is -2.70. The monoisotopic (exact) mass is 679 g/mol. The predicted octanol–water partition coefficient (Wildman–Crippen LogP) is 5.90. The molecule has 47 heavy (non-hydrogen) atoms. The highest BCUT2D eigenvalue weighted by molar-refractivity contribution is 8.00. The Morgan fingerprint density at radius 1 is 0.894 bits per heavy atom. The van der Waals surface area contributed by atoms with E-state index < -0.39 is 23.5 Å². The van der Waals surface area contributed by atoms with Crippen LogP contribution in [0.2, 0.25) is 0 Å². The molecule has 3 aromatic carbocycles. The summed E-state index contributed by atoms with van der Waals surface area (Å²) < 4.78 is 6.27. The first-order valence-electron chi connectivity index (χ1n) is 15.0. The molecule has 0 spiro atoms. The van der Waals surface area contributed by atoms with Crippen LogP contribution >= 0.6 is 34.4 Å². The van der Waals surface area contributed by atoms with E-state index in [2.05, 4.69) is 20.8 Å². The summed E-state index contributed by atoms with van der Waals surface area (Å²) in [4.78, 5) is 43.2. The number of aromatic nitrogens is 2. The third-order valence-electron chi connectivity index (χ3n) is 7.79. The molecule has 1 fully saturated rings. The molecule has 2 aromatic heterocycles. The van der Waals surface area contributed by atoms with Gasteiger partial charge in [-0.25, -0.2) is 4.79 Å². The fraction of sp³-hybridized carbons (Fsp3) is 0.171. The zero-order chi connectivity index (χ0) is 32.2. The van der Waals surface area contributed by atoms with E-state index in [1.54, 1.807) is 0 Å². The average molecular weight is 680 g/mol. The second-order valence-corrected chi connectivity index (χ2v) is 14.0. The topological polar surface area (TPSA) is 114 Å². The van der Waals surface area contributed by atoms with Crippen molar-refractivity contribution in [3.05, 3.63) is 141 Å². The average Bonchev–Trinajstić information content (AvgIpc) is 3.82. The summed E-state index contributed by atoms with van der Waals surface area (Å²) >= 11 is 4.28. The van der Waals surface area contributed by atoms with Crippen LogP contribution < -0.4 is 10.6 Å². The number of fused-ring (bicyclic) bond motifs is 1. The lowest BCUT2D eigenvalue weighted by Gasteiger charge is -2.49. The number of hydrogen-bond donors (Lipinski definition) is 2. The number of β-lactam (4-membered cyclic amide) rings is 1. The Balaban J connectivity index is 1.19. The summed E-state index contributed by atoms with van der Waals surface area (Å²) in [7, 11) is 0. The van der Waals surface area contributed by atoms with Crippen molar-refractivity contribution in [2.45, 2.75) is 30.5 Å². The number of thiophene rings is 1. The van der Waals surface area contributed by atoms with Crippen molar-refractivity contribution in [2.24, 2.45) is 0 Å². The number of anilines is 1. The molecule has 5 aromatic rings. The van der Waals surface area contributed by atoms with Gasteiger partial charge in [0.05, 0.1) is 6.42 Å². The largest absolute Gasteiger partial charge is 0.448 e. The molecule has 2 atom stereocenters. The first-order valence-corrected chi connectivity index (χ1v) is 17.7. The number of nitrogens with zero attached hydrogens (tertiary/aromatic N) is 3. The van der Waals surface area contributed by atoms with E-state index in [-0.39, 0.29) is 23.9 Å². The van der Waals surface area contributed by atoms with Crippen LogP contribution in [0.4, 0.5) is 5.13 Å². The maximum absolute atomic E-state index is 14.3. The second kappa shape index (κ2) is 13.9. The van der Waals surface area contributed by atoms with E-state index in [1.807, 2.05) is 109 Å². The van der Waals surface area contributed by atoms with Gasteiger partial charge in [0, 0.05) is 22.7 Å². The van der Waals surface area contributed by atoms with Gasteiger partial charge in [0.15, 0.2) is 6.10 Å². The van der Waals surface area contributed by atoms with Crippen molar-refractivity contribution < 1.29 is 19.1 Å². The van der Waals surface area contributed by atoms with Gasteiger partial charge in [-0.15, -0.1) is 33.3 Å². The summed E-state index contributed by atoms with van der Waals surface area (Å²) in [6, 6.07) is 32.0. The Morgan fingerprint density at radius 3 is 2.23 bits per heavy atom. The first-order chi connectivity index (χ1) is 23.0. The number of carbonyl (C=O) groups excluding carboxylic acids is 3. The molecule has 4 heterocycles. The van der Waals surface area contributed by atoms with Crippen molar-refractivity contribution in [3.63, 3.8) is 0 Å². The van der Waals surface area contributed by atoms with E-state index in [0.717, 1.165) is 21.6 Å². The maximum atomic E-state index is 14.3. The Labute approximate surface area is 283 Å². The van der Waals surface area contributed by atoms with Crippen LogP contribution in [0.3, 0.4) is 0 Å². The Bertz CT molecular complexity index is 1860. The van der Waals surface area contributed by atoms with E-state index in [0.29, 0.717) is 28.0 Å². The lowest BCUT2D eigenvalue weighted by atomic mass is 10.0. The van der Waals surface area contributed by atoms with Crippen molar-refractivity contribution in [3.8, 4) is 0 Å². The zero-order valence-electron chi connectivity index (χ0n) is 24.9. The Kier molecular flexibility index (Phi) is 9.14. The number of ether oxygens (including phenoxy) is 1. The van der Waals surface area contributed by atoms with Crippen LogP contribution in [0, 0.1) is 0 Å². The van der Waals surface area contributed by atoms with Crippen molar-refractivity contribution in [1.29, 1.82) is 0 Å². The van der Waals surface area contributed by atoms with Crippen LogP contribution in [-0.4, -0.2) is 50.0 Å². The lowest BCUT2D eigenvalue weighted by molar-refractivity contribution is -0.154. The molecule has 1 unspecified atom stereocenters. The van der Waals surface area contributed by atoms with Gasteiger partial charge in [-0.3, -0.25) is 14.5 Å². The van der Waals surface area contributed by atoms with Gasteiger partial charge in [-0.05, 0) is 28.1 Å². The minimum absolute atomic E-state index is 0.130. The molecule has 7 rings (SSSR count). The van der Waals surface area contributed by atoms with E-state index in [1.165, 1.54) is 39.3 Å². The van der Waals surface area contributed by atoms with Crippen LogP contribution in [0.1, 0.15) is 32.7 Å². The Hall–Kier alpha value is -4.78. The zero-order valence-corrected chi connectivity index (χ0v) is 27.4. The molecule has 236 valence electrons. The van der Waals surface area contributed by atoms with Crippen LogP contribution in [-0.2, 0) is 32.1 Å². The number of carbonyl (C=O) groups is 3. The quantitative estimate of drug-likeness (QED) is 0.131. The molecule has 0 saturated carbocycles. The third-order valence-corrected chi connectivity index (χ3v) is 10.9. The highest BCUT2D eigenvalue weighted by Crippen LogP contribution is 2.45. The van der Waals surface area contributed by atoms with Crippen molar-refractivity contribution in [2.75, 3.05) is 11.1 Å². The molecule has 0 radical (unpaired) electrons. The molecule has 2 aliphatic heterocycles. The number of hydrogen-bond acceptors (Lipinski definition) is 10. The van der Waals surface area contributed by atoms with Crippen LogP contribution in [0.5, 0.6) is 0 Å². The molecule has 9 nitrogen and oxygen atoms in total. The SMILES string of the molecule is O=C(Cc1cccs1)NC1C(=O)N2C(C(=O)OC(c3ccccc3)c3ccccc3)=C(c3nnc(NCc4ccccc4)s3)CS[C@@H]12. The Morgan fingerprint density at radius 2 is 1.57 bits per heavy atom. The first kappa shape index (κ1) is 30.9. The van der Waals surface area contributed by atoms with E-state index in [9.17, 15) is 14.4 Å². The number of nitrogens with one attached hydrogen (secondary N) is 2.